The van der Waals surface area contributed by atoms with Crippen molar-refractivity contribution in [1.82, 2.24) is 15.0 Å². The number of hydrogen-bond acceptors (Lipinski definition) is 2. The maximum atomic E-state index is 4.51. The highest BCUT2D eigenvalue weighted by Gasteiger charge is 2.02. The third-order valence-corrected chi connectivity index (χ3v) is 2.95. The summed E-state index contributed by atoms with van der Waals surface area (Å²) in [6.45, 7) is 4.11. The first-order chi connectivity index (χ1) is 8.74. The number of nitrogens with one attached hydrogen (secondary N) is 2. The van der Waals surface area contributed by atoms with E-state index in [9.17, 15) is 0 Å². The van der Waals surface area contributed by atoms with Gasteiger partial charge < -0.3 is 9.97 Å². The van der Waals surface area contributed by atoms with Gasteiger partial charge in [0, 0.05) is 5.69 Å². The molecule has 0 spiro atoms. The maximum Gasteiger partial charge on any atom is 0.114 e. The van der Waals surface area contributed by atoms with Crippen molar-refractivity contribution in [2.45, 2.75) is 13.8 Å². The number of fused-ring (bicyclic) bond motifs is 1. The Labute approximate surface area is 105 Å². The Morgan fingerprint density at radius 1 is 1.28 bits per heavy atom. The summed E-state index contributed by atoms with van der Waals surface area (Å²) in [5.74, 6) is 0. The lowest BCUT2D eigenvalue weighted by atomic mass is 10.2. The lowest BCUT2D eigenvalue weighted by Gasteiger charge is -1.95. The highest BCUT2D eigenvalue weighted by Crippen LogP contribution is 2.22. The lowest BCUT2D eigenvalue weighted by molar-refractivity contribution is 1.25. The summed E-state index contributed by atoms with van der Waals surface area (Å²) in [5.41, 5.74) is 6.16. The number of hydrogen-bond donors (Lipinski definition) is 2. The predicted octanol–water partition coefficient (Wildman–Crippen LogP) is 3.26. The molecule has 0 bridgehead atoms. The molecule has 3 rings (SSSR count). The zero-order valence-electron chi connectivity index (χ0n) is 10.4. The van der Waals surface area contributed by atoms with Gasteiger partial charge in [-0.05, 0) is 37.6 Å². The topological polar surface area (TPSA) is 56.8 Å². The van der Waals surface area contributed by atoms with Crippen molar-refractivity contribution >= 4 is 22.9 Å². The van der Waals surface area contributed by atoms with Crippen LogP contribution in [0.4, 0.5) is 5.69 Å². The van der Waals surface area contributed by atoms with Crippen molar-refractivity contribution in [1.29, 1.82) is 0 Å². The molecule has 0 saturated heterocycles. The molecule has 2 N–H and O–H groups in total. The number of para-hydroxylation sites is 1. The van der Waals surface area contributed by atoms with Crippen LogP contribution in [0.15, 0.2) is 35.6 Å². The Hall–Kier alpha value is -2.36. The molecule has 0 aliphatic heterocycles. The molecule has 0 unspecified atom stereocenters. The van der Waals surface area contributed by atoms with Crippen LogP contribution in [0.25, 0.3) is 11.0 Å². The smallest absolute Gasteiger partial charge is 0.114 e. The first-order valence-electron chi connectivity index (χ1n) is 5.86. The summed E-state index contributed by atoms with van der Waals surface area (Å²) in [6.07, 6.45) is 3.54. The highest BCUT2D eigenvalue weighted by molar-refractivity contribution is 5.90. The summed E-state index contributed by atoms with van der Waals surface area (Å²) in [6, 6.07) is 8.03. The summed E-state index contributed by atoms with van der Waals surface area (Å²) in [5, 5.41) is 0. The van der Waals surface area contributed by atoms with Crippen molar-refractivity contribution in [2.24, 2.45) is 4.99 Å². The predicted molar refractivity (Wildman–Crippen MR) is 73.6 cm³/mol. The van der Waals surface area contributed by atoms with E-state index in [0.29, 0.717) is 0 Å². The van der Waals surface area contributed by atoms with Crippen molar-refractivity contribution < 1.29 is 0 Å². The van der Waals surface area contributed by atoms with Crippen LogP contribution in [0.5, 0.6) is 0 Å². The number of rotatable bonds is 2. The molecule has 2 aromatic heterocycles. The first-order valence-corrected chi connectivity index (χ1v) is 5.86. The number of aromatic amines is 2. The van der Waals surface area contributed by atoms with E-state index < -0.39 is 0 Å². The number of aliphatic imine (C=N–C) groups is 1. The van der Waals surface area contributed by atoms with Crippen LogP contribution in [0.3, 0.4) is 0 Å². The summed E-state index contributed by atoms with van der Waals surface area (Å²) in [4.78, 5) is 15.2. The van der Waals surface area contributed by atoms with Crippen LogP contribution in [0, 0.1) is 13.8 Å². The average molecular weight is 238 g/mol. The largest absolute Gasteiger partial charge is 0.358 e. The van der Waals surface area contributed by atoms with Gasteiger partial charge in [-0.1, -0.05) is 6.07 Å². The second-order valence-electron chi connectivity index (χ2n) is 4.38. The monoisotopic (exact) mass is 238 g/mol. The van der Waals surface area contributed by atoms with Gasteiger partial charge in [0.05, 0.1) is 29.4 Å². The van der Waals surface area contributed by atoms with Gasteiger partial charge in [-0.25, -0.2) is 4.98 Å². The molecular weight excluding hydrogens is 224 g/mol. The second kappa shape index (κ2) is 4.14. The van der Waals surface area contributed by atoms with Crippen LogP contribution < -0.4 is 0 Å². The molecule has 0 amide bonds. The normalized spacial score (nSPS) is 11.7. The molecular formula is C14H14N4. The minimum absolute atomic E-state index is 0.875. The van der Waals surface area contributed by atoms with Gasteiger partial charge >= 0.3 is 0 Å². The quantitative estimate of drug-likeness (QED) is 0.661. The number of H-pyrrole nitrogens is 2. The third kappa shape index (κ3) is 1.82. The molecule has 4 nitrogen and oxygen atoms in total. The number of imidazole rings is 1. The van der Waals surface area contributed by atoms with Crippen molar-refractivity contribution in [3.63, 3.8) is 0 Å². The molecule has 0 fully saturated rings. The molecule has 3 aromatic rings. The molecule has 18 heavy (non-hydrogen) atoms. The summed E-state index contributed by atoms with van der Waals surface area (Å²) < 4.78 is 0. The van der Waals surface area contributed by atoms with E-state index in [-0.39, 0.29) is 0 Å². The van der Waals surface area contributed by atoms with E-state index in [2.05, 4.69) is 32.9 Å². The van der Waals surface area contributed by atoms with Gasteiger partial charge in [-0.2, -0.15) is 0 Å². The first kappa shape index (κ1) is 10.8. The van der Waals surface area contributed by atoms with Crippen LogP contribution in [0.2, 0.25) is 0 Å². The molecule has 2 heterocycles. The second-order valence-corrected chi connectivity index (χ2v) is 4.38. The molecule has 4 heteroatoms. The third-order valence-electron chi connectivity index (χ3n) is 2.95. The van der Waals surface area contributed by atoms with Gasteiger partial charge in [0.1, 0.15) is 5.52 Å². The SMILES string of the molecule is Cc1cc(C)c(C=Nc2cccc3[nH]cnc23)[nH]1. The Morgan fingerprint density at radius 3 is 2.94 bits per heavy atom. The van der Waals surface area contributed by atoms with E-state index in [1.165, 1.54) is 5.56 Å². The minimum Gasteiger partial charge on any atom is -0.358 e. The molecule has 0 aliphatic rings. The van der Waals surface area contributed by atoms with Gasteiger partial charge in [-0.3, -0.25) is 4.99 Å². The Morgan fingerprint density at radius 2 is 2.17 bits per heavy atom. The Balaban J connectivity index is 2.01. The van der Waals surface area contributed by atoms with Gasteiger partial charge in [0.15, 0.2) is 0 Å². The average Bonchev–Trinajstić information content (AvgIpc) is 2.93. The minimum atomic E-state index is 0.875. The summed E-state index contributed by atoms with van der Waals surface area (Å²) in [7, 11) is 0. The standard InChI is InChI=1S/C14H14N4/c1-9-6-10(2)18-13(9)7-15-11-4-3-5-12-14(11)17-8-16-12/h3-8,18H,1-2H3,(H,16,17). The van der Waals surface area contributed by atoms with E-state index >= 15 is 0 Å². The number of nitrogens with zero attached hydrogens (tertiary/aromatic N) is 2. The Bertz CT molecular complexity index is 718. The molecule has 90 valence electrons. The molecule has 1 aromatic carbocycles. The maximum absolute atomic E-state index is 4.51. The molecule has 0 radical (unpaired) electrons. The fourth-order valence-electron chi connectivity index (χ4n) is 2.07. The van der Waals surface area contributed by atoms with Crippen molar-refractivity contribution in [3.05, 3.63) is 47.5 Å². The van der Waals surface area contributed by atoms with Gasteiger partial charge in [0.25, 0.3) is 0 Å². The fraction of sp³-hybridized carbons (Fsp3) is 0.143. The van der Waals surface area contributed by atoms with Crippen LogP contribution >= 0.6 is 0 Å². The number of benzene rings is 1. The van der Waals surface area contributed by atoms with Crippen molar-refractivity contribution in [3.8, 4) is 0 Å². The van der Waals surface area contributed by atoms with Crippen LogP contribution in [0.1, 0.15) is 17.0 Å². The van der Waals surface area contributed by atoms with Crippen LogP contribution in [-0.4, -0.2) is 21.2 Å². The summed E-state index contributed by atoms with van der Waals surface area (Å²) >= 11 is 0. The molecule has 0 saturated carbocycles. The number of aryl methyl sites for hydroxylation is 2. The van der Waals surface area contributed by atoms with E-state index in [1.807, 2.05) is 31.3 Å². The van der Waals surface area contributed by atoms with E-state index in [0.717, 1.165) is 28.1 Å². The zero-order valence-corrected chi connectivity index (χ0v) is 10.4. The fourth-order valence-corrected chi connectivity index (χ4v) is 2.07. The van der Waals surface area contributed by atoms with Crippen molar-refractivity contribution in [2.75, 3.05) is 0 Å². The number of aromatic nitrogens is 3. The molecule has 0 aliphatic carbocycles. The Kier molecular flexibility index (Phi) is 2.48. The van der Waals surface area contributed by atoms with Crippen LogP contribution in [-0.2, 0) is 0 Å². The van der Waals surface area contributed by atoms with E-state index in [1.54, 1.807) is 6.33 Å². The zero-order chi connectivity index (χ0) is 12.5. The lowest BCUT2D eigenvalue weighted by Crippen LogP contribution is -1.84. The van der Waals surface area contributed by atoms with Gasteiger partial charge in [0.2, 0.25) is 0 Å². The van der Waals surface area contributed by atoms with E-state index in [4.69, 9.17) is 0 Å². The molecule has 0 atom stereocenters. The van der Waals surface area contributed by atoms with Gasteiger partial charge in [-0.15, -0.1) is 0 Å². The highest BCUT2D eigenvalue weighted by atomic mass is 14.9.